The van der Waals surface area contributed by atoms with Crippen molar-refractivity contribution in [1.29, 1.82) is 0 Å². The van der Waals surface area contributed by atoms with Crippen molar-refractivity contribution in [3.63, 3.8) is 0 Å². The van der Waals surface area contributed by atoms with E-state index < -0.39 is 11.0 Å². The average molecular weight is 347 g/mol. The van der Waals surface area contributed by atoms with Gasteiger partial charge < -0.3 is 14.3 Å². The SMILES string of the molecule is COc1ccc2c([C@H](C)C(=O)OCCCCO[N+](=O)[O-])cccc2c1. The van der Waals surface area contributed by atoms with Crippen LogP contribution in [0, 0.1) is 10.1 Å². The summed E-state index contributed by atoms with van der Waals surface area (Å²) in [7, 11) is 1.61. The molecule has 2 rings (SSSR count). The van der Waals surface area contributed by atoms with Crippen LogP contribution in [0.15, 0.2) is 36.4 Å². The molecule has 0 radical (unpaired) electrons. The molecule has 0 spiro atoms. The molecular weight excluding hydrogens is 326 g/mol. The highest BCUT2D eigenvalue weighted by molar-refractivity contribution is 5.91. The lowest BCUT2D eigenvalue weighted by molar-refractivity contribution is -0.757. The molecule has 0 bridgehead atoms. The summed E-state index contributed by atoms with van der Waals surface area (Å²) in [5.74, 6) is 0.0301. The van der Waals surface area contributed by atoms with E-state index in [1.807, 2.05) is 36.4 Å². The molecule has 7 heteroatoms. The third kappa shape index (κ3) is 5.07. The van der Waals surface area contributed by atoms with Crippen molar-refractivity contribution in [2.24, 2.45) is 0 Å². The Balaban J connectivity index is 1.95. The van der Waals surface area contributed by atoms with E-state index in [1.54, 1.807) is 14.0 Å². The summed E-state index contributed by atoms with van der Waals surface area (Å²) in [6.45, 7) is 2.02. The third-order valence-electron chi connectivity index (χ3n) is 3.92. The second-order valence-corrected chi connectivity index (χ2v) is 5.59. The van der Waals surface area contributed by atoms with Gasteiger partial charge in [0, 0.05) is 0 Å². The van der Waals surface area contributed by atoms with E-state index in [4.69, 9.17) is 9.47 Å². The van der Waals surface area contributed by atoms with Gasteiger partial charge in [-0.25, -0.2) is 0 Å². The molecule has 0 saturated heterocycles. The van der Waals surface area contributed by atoms with E-state index in [2.05, 4.69) is 4.84 Å². The zero-order valence-corrected chi connectivity index (χ0v) is 14.3. The minimum atomic E-state index is -0.830. The van der Waals surface area contributed by atoms with Crippen molar-refractivity contribution < 1.29 is 24.2 Å². The maximum absolute atomic E-state index is 12.3. The van der Waals surface area contributed by atoms with Crippen LogP contribution in [0.1, 0.15) is 31.2 Å². The minimum Gasteiger partial charge on any atom is -0.497 e. The fourth-order valence-electron chi connectivity index (χ4n) is 2.56. The normalized spacial score (nSPS) is 11.8. The maximum Gasteiger partial charge on any atom is 0.313 e. The van der Waals surface area contributed by atoms with Gasteiger partial charge in [0.1, 0.15) is 5.75 Å². The molecule has 0 aliphatic heterocycles. The van der Waals surface area contributed by atoms with E-state index >= 15 is 0 Å². The first-order chi connectivity index (χ1) is 12.0. The molecule has 2 aromatic carbocycles. The van der Waals surface area contributed by atoms with Gasteiger partial charge in [-0.05, 0) is 48.2 Å². The van der Waals surface area contributed by atoms with Crippen molar-refractivity contribution in [2.45, 2.75) is 25.7 Å². The number of rotatable bonds is 9. The fourth-order valence-corrected chi connectivity index (χ4v) is 2.56. The van der Waals surface area contributed by atoms with E-state index in [0.29, 0.717) is 12.8 Å². The predicted molar refractivity (Wildman–Crippen MR) is 92.1 cm³/mol. The lowest BCUT2D eigenvalue weighted by atomic mass is 9.95. The van der Waals surface area contributed by atoms with Crippen LogP contribution in [-0.2, 0) is 14.4 Å². The largest absolute Gasteiger partial charge is 0.497 e. The number of hydrogen-bond donors (Lipinski definition) is 0. The number of benzene rings is 2. The Bertz CT molecular complexity index is 745. The first-order valence-corrected chi connectivity index (χ1v) is 8.03. The van der Waals surface area contributed by atoms with Crippen LogP contribution >= 0.6 is 0 Å². The summed E-state index contributed by atoms with van der Waals surface area (Å²) in [4.78, 5) is 26.5. The van der Waals surface area contributed by atoms with Gasteiger partial charge in [0.15, 0.2) is 0 Å². The lowest BCUT2D eigenvalue weighted by Crippen LogP contribution is -2.14. The molecule has 1 atom stereocenters. The molecule has 0 aromatic heterocycles. The number of fused-ring (bicyclic) bond motifs is 1. The highest BCUT2D eigenvalue weighted by Crippen LogP contribution is 2.29. The van der Waals surface area contributed by atoms with Crippen LogP contribution < -0.4 is 4.74 Å². The van der Waals surface area contributed by atoms with Crippen LogP contribution in [-0.4, -0.2) is 31.4 Å². The van der Waals surface area contributed by atoms with Gasteiger partial charge in [0.05, 0.1) is 26.2 Å². The predicted octanol–water partition coefficient (Wildman–Crippen LogP) is 3.48. The van der Waals surface area contributed by atoms with Crippen molar-refractivity contribution in [1.82, 2.24) is 0 Å². The van der Waals surface area contributed by atoms with Crippen LogP contribution in [0.25, 0.3) is 10.8 Å². The number of nitrogens with zero attached hydrogens (tertiary/aromatic N) is 1. The van der Waals surface area contributed by atoms with Crippen molar-refractivity contribution in [2.75, 3.05) is 20.3 Å². The molecule has 0 fully saturated rings. The molecule has 25 heavy (non-hydrogen) atoms. The molecule has 0 N–H and O–H groups in total. The zero-order valence-electron chi connectivity index (χ0n) is 14.3. The Kier molecular flexibility index (Phi) is 6.56. The van der Waals surface area contributed by atoms with Crippen molar-refractivity contribution >= 4 is 16.7 Å². The smallest absolute Gasteiger partial charge is 0.313 e. The number of carbonyl (C=O) groups is 1. The first-order valence-electron chi connectivity index (χ1n) is 8.03. The highest BCUT2D eigenvalue weighted by atomic mass is 16.9. The van der Waals surface area contributed by atoms with Gasteiger partial charge in [-0.3, -0.25) is 4.79 Å². The summed E-state index contributed by atoms with van der Waals surface area (Å²) in [6.07, 6.45) is 0.968. The standard InChI is InChI=1S/C18H21NO6/c1-13(18(20)24-10-3-4-11-25-19(21)22)16-7-5-6-14-12-15(23-2)8-9-17(14)16/h5-9,12-13H,3-4,10-11H2,1-2H3/t13-/m0/s1. The van der Waals surface area contributed by atoms with Gasteiger partial charge >= 0.3 is 5.97 Å². The van der Waals surface area contributed by atoms with Crippen LogP contribution in [0.5, 0.6) is 5.75 Å². The summed E-state index contributed by atoms with van der Waals surface area (Å²) in [5.41, 5.74) is 0.891. The molecular formula is C18H21NO6. The van der Waals surface area contributed by atoms with Crippen LogP contribution in [0.3, 0.4) is 0 Å². The summed E-state index contributed by atoms with van der Waals surface area (Å²) < 4.78 is 10.5. The average Bonchev–Trinajstić information content (AvgIpc) is 2.62. The Morgan fingerprint density at radius 1 is 1.20 bits per heavy atom. The molecule has 0 unspecified atom stereocenters. The lowest BCUT2D eigenvalue weighted by Gasteiger charge is -2.14. The third-order valence-corrected chi connectivity index (χ3v) is 3.92. The monoisotopic (exact) mass is 347 g/mol. The Hall–Kier alpha value is -2.83. The molecule has 2 aromatic rings. The molecule has 0 amide bonds. The van der Waals surface area contributed by atoms with Crippen molar-refractivity contribution in [3.8, 4) is 5.75 Å². The van der Waals surface area contributed by atoms with E-state index in [0.717, 1.165) is 22.1 Å². The Labute approximate surface area is 145 Å². The van der Waals surface area contributed by atoms with E-state index in [9.17, 15) is 14.9 Å². The summed E-state index contributed by atoms with van der Waals surface area (Å²) >= 11 is 0. The summed E-state index contributed by atoms with van der Waals surface area (Å²) in [5, 5.41) is 11.2. The number of hydrogen-bond acceptors (Lipinski definition) is 6. The molecule has 0 heterocycles. The number of unbranched alkanes of at least 4 members (excludes halogenated alkanes) is 1. The van der Waals surface area contributed by atoms with Gasteiger partial charge in [0.2, 0.25) is 0 Å². The second-order valence-electron chi connectivity index (χ2n) is 5.59. The fraction of sp³-hybridized carbons (Fsp3) is 0.389. The number of esters is 1. The van der Waals surface area contributed by atoms with Crippen molar-refractivity contribution in [3.05, 3.63) is 52.1 Å². The Morgan fingerprint density at radius 3 is 2.68 bits per heavy atom. The van der Waals surface area contributed by atoms with Gasteiger partial charge in [0.25, 0.3) is 5.09 Å². The number of methoxy groups -OCH3 is 1. The first kappa shape index (κ1) is 18.5. The van der Waals surface area contributed by atoms with Gasteiger partial charge in [-0.1, -0.05) is 24.3 Å². The molecule has 0 aliphatic rings. The molecule has 0 aliphatic carbocycles. The van der Waals surface area contributed by atoms with Crippen LogP contribution in [0.2, 0.25) is 0 Å². The molecule has 0 saturated carbocycles. The van der Waals surface area contributed by atoms with Gasteiger partial charge in [-0.15, -0.1) is 10.1 Å². The zero-order chi connectivity index (χ0) is 18.2. The second kappa shape index (κ2) is 8.86. The van der Waals surface area contributed by atoms with Crippen LogP contribution in [0.4, 0.5) is 0 Å². The quantitative estimate of drug-likeness (QED) is 0.299. The number of ether oxygens (including phenoxy) is 2. The summed E-state index contributed by atoms with van der Waals surface area (Å²) in [6, 6.07) is 11.5. The Morgan fingerprint density at radius 2 is 1.96 bits per heavy atom. The topological polar surface area (TPSA) is 87.9 Å². The highest BCUT2D eigenvalue weighted by Gasteiger charge is 2.19. The maximum atomic E-state index is 12.3. The minimum absolute atomic E-state index is 0.00522. The molecule has 7 nitrogen and oxygen atoms in total. The molecule has 134 valence electrons. The number of carbonyl (C=O) groups excluding carboxylic acids is 1. The van der Waals surface area contributed by atoms with E-state index in [-0.39, 0.29) is 19.2 Å². The van der Waals surface area contributed by atoms with Gasteiger partial charge in [-0.2, -0.15) is 0 Å². The van der Waals surface area contributed by atoms with E-state index in [1.165, 1.54) is 0 Å².